The maximum absolute atomic E-state index is 14.0. The molecule has 0 aromatic heterocycles. The second-order valence-electron chi connectivity index (χ2n) is 9.37. The van der Waals surface area contributed by atoms with Gasteiger partial charge in [-0.25, -0.2) is 8.42 Å². The Hall–Kier alpha value is -3.36. The fraction of sp³-hybridized carbons (Fsp3) is 0.333. The number of nitrogens with one attached hydrogen (secondary N) is 1. The highest BCUT2D eigenvalue weighted by Crippen LogP contribution is 2.26. The van der Waals surface area contributed by atoms with Crippen LogP contribution in [0.4, 0.5) is 5.69 Å². The van der Waals surface area contributed by atoms with Gasteiger partial charge in [0, 0.05) is 17.6 Å². The average molecular weight is 570 g/mol. The Morgan fingerprint density at radius 3 is 2.13 bits per heavy atom. The van der Waals surface area contributed by atoms with Crippen LogP contribution in [0.1, 0.15) is 39.2 Å². The maximum atomic E-state index is 14.0. The van der Waals surface area contributed by atoms with E-state index in [4.69, 9.17) is 11.6 Å². The van der Waals surface area contributed by atoms with Gasteiger partial charge >= 0.3 is 0 Å². The van der Waals surface area contributed by atoms with Crippen molar-refractivity contribution in [2.75, 3.05) is 17.4 Å². The molecule has 0 unspecified atom stereocenters. The first-order valence-electron chi connectivity index (χ1n) is 13.1. The number of amides is 2. The number of benzene rings is 3. The fourth-order valence-electron chi connectivity index (χ4n) is 4.22. The summed E-state index contributed by atoms with van der Waals surface area (Å²) in [6.45, 7) is 5.50. The molecule has 3 aromatic rings. The van der Waals surface area contributed by atoms with Crippen LogP contribution in [0.3, 0.4) is 0 Å². The third-order valence-electron chi connectivity index (χ3n) is 6.58. The van der Waals surface area contributed by atoms with Crippen LogP contribution in [-0.2, 0) is 26.0 Å². The topological polar surface area (TPSA) is 86.8 Å². The Morgan fingerprint density at radius 1 is 0.897 bits per heavy atom. The van der Waals surface area contributed by atoms with Gasteiger partial charge in [0.2, 0.25) is 11.8 Å². The van der Waals surface area contributed by atoms with E-state index in [1.54, 1.807) is 36.4 Å². The summed E-state index contributed by atoms with van der Waals surface area (Å²) in [5.41, 5.74) is 1.27. The summed E-state index contributed by atoms with van der Waals surface area (Å²) < 4.78 is 28.6. The van der Waals surface area contributed by atoms with E-state index in [9.17, 15) is 18.0 Å². The largest absolute Gasteiger partial charge is 0.352 e. The Kier molecular flexibility index (Phi) is 10.9. The molecule has 2 amide bonds. The Labute approximate surface area is 236 Å². The van der Waals surface area contributed by atoms with E-state index in [0.29, 0.717) is 17.9 Å². The molecule has 0 aliphatic carbocycles. The van der Waals surface area contributed by atoms with Crippen molar-refractivity contribution in [3.63, 3.8) is 0 Å². The zero-order chi connectivity index (χ0) is 28.4. The van der Waals surface area contributed by atoms with Crippen LogP contribution < -0.4 is 9.62 Å². The molecule has 0 aliphatic rings. The predicted octanol–water partition coefficient (Wildman–Crippen LogP) is 5.30. The molecule has 0 bridgehead atoms. The normalized spacial score (nSPS) is 12.8. The molecule has 9 heteroatoms. The summed E-state index contributed by atoms with van der Waals surface area (Å²) in [5, 5.41) is 3.32. The van der Waals surface area contributed by atoms with Crippen molar-refractivity contribution in [3.8, 4) is 0 Å². The molecule has 0 fully saturated rings. The van der Waals surface area contributed by atoms with Crippen molar-refractivity contribution in [2.24, 2.45) is 0 Å². The van der Waals surface area contributed by atoms with Crippen molar-refractivity contribution in [1.29, 1.82) is 0 Å². The number of nitrogens with zero attached hydrogens (tertiary/aromatic N) is 2. The molecule has 3 aromatic carbocycles. The zero-order valence-corrected chi connectivity index (χ0v) is 24.2. The molecular formula is C30H36ClN3O4S. The standard InChI is InChI=1S/C30H36ClN3O4S/c1-4-23(3)32-30(36)28(5-2)33(20-19-24-13-8-6-9-14-24)29(35)22-34(26-16-12-15-25(31)21-26)39(37,38)27-17-10-7-11-18-27/h6-18,21,23,28H,4-5,19-20,22H2,1-3H3,(H,32,36)/t23-,28+/m0/s1. The van der Waals surface area contributed by atoms with E-state index in [-0.39, 0.29) is 29.1 Å². The van der Waals surface area contributed by atoms with Gasteiger partial charge in [-0.1, -0.05) is 80.0 Å². The summed E-state index contributed by atoms with van der Waals surface area (Å²) in [5.74, 6) is -0.731. The highest BCUT2D eigenvalue weighted by atomic mass is 35.5. The van der Waals surface area contributed by atoms with Crippen molar-refractivity contribution in [3.05, 3.63) is 95.5 Å². The van der Waals surface area contributed by atoms with Crippen LogP contribution >= 0.6 is 11.6 Å². The SMILES string of the molecule is CC[C@H](C(=O)N[C@@H](C)CC)N(CCc1ccccc1)C(=O)CN(c1cccc(Cl)c1)S(=O)(=O)c1ccccc1. The highest BCUT2D eigenvalue weighted by molar-refractivity contribution is 7.92. The van der Waals surface area contributed by atoms with Crippen LogP contribution in [0.15, 0.2) is 89.8 Å². The van der Waals surface area contributed by atoms with Gasteiger partial charge in [0.05, 0.1) is 10.6 Å². The second-order valence-corrected chi connectivity index (χ2v) is 11.7. The van der Waals surface area contributed by atoms with E-state index in [0.717, 1.165) is 16.3 Å². The van der Waals surface area contributed by atoms with Crippen molar-refractivity contribution in [1.82, 2.24) is 10.2 Å². The van der Waals surface area contributed by atoms with E-state index in [2.05, 4.69) is 5.32 Å². The molecule has 208 valence electrons. The van der Waals surface area contributed by atoms with Gasteiger partial charge in [-0.2, -0.15) is 0 Å². The first kappa shape index (κ1) is 30.2. The molecule has 39 heavy (non-hydrogen) atoms. The van der Waals surface area contributed by atoms with Crippen LogP contribution in [0.5, 0.6) is 0 Å². The van der Waals surface area contributed by atoms with Crippen LogP contribution in [-0.4, -0.2) is 50.3 Å². The number of anilines is 1. The molecule has 3 rings (SSSR count). The summed E-state index contributed by atoms with van der Waals surface area (Å²) in [6.07, 6.45) is 1.64. The molecule has 0 spiro atoms. The molecule has 1 N–H and O–H groups in total. The number of sulfonamides is 1. The van der Waals surface area contributed by atoms with E-state index >= 15 is 0 Å². The van der Waals surface area contributed by atoms with Crippen molar-refractivity contribution < 1.29 is 18.0 Å². The number of hydrogen-bond acceptors (Lipinski definition) is 4. The van der Waals surface area contributed by atoms with Crippen LogP contribution in [0.2, 0.25) is 5.02 Å². The number of hydrogen-bond donors (Lipinski definition) is 1. The smallest absolute Gasteiger partial charge is 0.264 e. The van der Waals surface area contributed by atoms with E-state index in [1.807, 2.05) is 51.1 Å². The van der Waals surface area contributed by atoms with Crippen molar-refractivity contribution >= 4 is 39.1 Å². The highest BCUT2D eigenvalue weighted by Gasteiger charge is 2.33. The summed E-state index contributed by atoms with van der Waals surface area (Å²) in [6, 6.07) is 23.2. The molecule has 0 radical (unpaired) electrons. The molecule has 0 aliphatic heterocycles. The van der Waals surface area contributed by atoms with E-state index < -0.39 is 28.5 Å². The number of halogens is 1. The van der Waals surface area contributed by atoms with Gasteiger partial charge < -0.3 is 10.2 Å². The predicted molar refractivity (Wildman–Crippen MR) is 156 cm³/mol. The summed E-state index contributed by atoms with van der Waals surface area (Å²) >= 11 is 6.21. The lowest BCUT2D eigenvalue weighted by Crippen LogP contribution is -2.54. The summed E-state index contributed by atoms with van der Waals surface area (Å²) in [4.78, 5) is 28.8. The minimum Gasteiger partial charge on any atom is -0.352 e. The van der Waals surface area contributed by atoms with E-state index in [1.165, 1.54) is 23.1 Å². The fourth-order valence-corrected chi connectivity index (χ4v) is 5.83. The first-order chi connectivity index (χ1) is 18.7. The molecule has 7 nitrogen and oxygen atoms in total. The monoisotopic (exact) mass is 569 g/mol. The van der Waals surface area contributed by atoms with Crippen molar-refractivity contribution in [2.45, 2.75) is 57.0 Å². The number of carbonyl (C=O) groups is 2. The second kappa shape index (κ2) is 14.1. The molecular weight excluding hydrogens is 534 g/mol. The lowest BCUT2D eigenvalue weighted by Gasteiger charge is -2.33. The molecule has 0 heterocycles. The lowest BCUT2D eigenvalue weighted by molar-refractivity contribution is -0.139. The third kappa shape index (κ3) is 8.07. The van der Waals surface area contributed by atoms with Crippen LogP contribution in [0.25, 0.3) is 0 Å². The third-order valence-corrected chi connectivity index (χ3v) is 8.60. The quantitative estimate of drug-likeness (QED) is 0.303. The number of carbonyl (C=O) groups excluding carboxylic acids is 2. The molecule has 0 saturated heterocycles. The molecule has 2 atom stereocenters. The average Bonchev–Trinajstić information content (AvgIpc) is 2.94. The molecule has 0 saturated carbocycles. The van der Waals surface area contributed by atoms with Gasteiger partial charge in [-0.05, 0) is 62.1 Å². The lowest BCUT2D eigenvalue weighted by atomic mass is 10.1. The van der Waals surface area contributed by atoms with Crippen LogP contribution in [0, 0.1) is 0 Å². The minimum absolute atomic E-state index is 0.0511. The minimum atomic E-state index is -4.12. The Bertz CT molecular complexity index is 1340. The number of rotatable bonds is 13. The Balaban J connectivity index is 1.99. The van der Waals surface area contributed by atoms with Gasteiger partial charge in [-0.3, -0.25) is 13.9 Å². The van der Waals surface area contributed by atoms with Gasteiger partial charge in [0.1, 0.15) is 12.6 Å². The first-order valence-corrected chi connectivity index (χ1v) is 15.0. The zero-order valence-electron chi connectivity index (χ0n) is 22.6. The maximum Gasteiger partial charge on any atom is 0.264 e. The van der Waals surface area contributed by atoms with Gasteiger partial charge in [0.25, 0.3) is 10.0 Å². The Morgan fingerprint density at radius 2 is 1.54 bits per heavy atom. The van der Waals surface area contributed by atoms with Gasteiger partial charge in [0.15, 0.2) is 0 Å². The summed E-state index contributed by atoms with van der Waals surface area (Å²) in [7, 11) is -4.12. The van der Waals surface area contributed by atoms with Gasteiger partial charge in [-0.15, -0.1) is 0 Å².